The molecule has 6 heteroatoms. The highest BCUT2D eigenvalue weighted by molar-refractivity contribution is 6.00. The van der Waals surface area contributed by atoms with E-state index in [-0.39, 0.29) is 18.9 Å². The van der Waals surface area contributed by atoms with Gasteiger partial charge >= 0.3 is 5.97 Å². The molecule has 1 aromatic heterocycles. The van der Waals surface area contributed by atoms with E-state index in [0.717, 1.165) is 11.1 Å². The molecule has 0 aliphatic carbocycles. The number of carboxylic acids is 1. The molecule has 1 saturated heterocycles. The molecular formula is C20H18N2O4. The lowest BCUT2D eigenvalue weighted by Crippen LogP contribution is -2.25. The zero-order valence-corrected chi connectivity index (χ0v) is 14.5. The van der Waals surface area contributed by atoms with Crippen LogP contribution in [-0.2, 0) is 9.59 Å². The zero-order chi connectivity index (χ0) is 18.4. The minimum Gasteiger partial charge on any atom is -0.481 e. The topological polar surface area (TPSA) is 83.6 Å². The Morgan fingerprint density at radius 1 is 1.19 bits per heavy atom. The molecule has 2 aromatic carbocycles. The lowest BCUT2D eigenvalue weighted by Gasteiger charge is -2.15. The number of rotatable bonds is 3. The van der Waals surface area contributed by atoms with Crippen LogP contribution in [0.5, 0.6) is 0 Å². The van der Waals surface area contributed by atoms with Gasteiger partial charge in [0.1, 0.15) is 5.52 Å². The van der Waals surface area contributed by atoms with E-state index < -0.39 is 11.9 Å². The molecule has 1 amide bonds. The molecule has 0 spiro atoms. The van der Waals surface area contributed by atoms with Gasteiger partial charge in [-0.25, -0.2) is 4.98 Å². The van der Waals surface area contributed by atoms with Crippen LogP contribution in [0.4, 0.5) is 5.69 Å². The highest BCUT2D eigenvalue weighted by atomic mass is 16.4. The van der Waals surface area contributed by atoms with Crippen molar-refractivity contribution < 1.29 is 19.1 Å². The maximum atomic E-state index is 12.1. The van der Waals surface area contributed by atoms with E-state index in [4.69, 9.17) is 9.52 Å². The summed E-state index contributed by atoms with van der Waals surface area (Å²) in [5, 5.41) is 9.13. The maximum absolute atomic E-state index is 12.1. The molecule has 2 heterocycles. The third kappa shape index (κ3) is 2.73. The normalized spacial score (nSPS) is 17.2. The van der Waals surface area contributed by atoms with Gasteiger partial charge in [-0.05, 0) is 55.3 Å². The number of carboxylic acid groups (broad SMARTS) is 1. The van der Waals surface area contributed by atoms with Gasteiger partial charge in [0.25, 0.3) is 0 Å². The molecule has 3 aromatic rings. The second-order valence-electron chi connectivity index (χ2n) is 6.71. The second-order valence-corrected chi connectivity index (χ2v) is 6.71. The van der Waals surface area contributed by atoms with E-state index in [1.807, 2.05) is 25.1 Å². The van der Waals surface area contributed by atoms with Crippen LogP contribution in [0.25, 0.3) is 22.6 Å². The van der Waals surface area contributed by atoms with Crippen molar-refractivity contribution in [3.8, 4) is 11.5 Å². The molecule has 6 nitrogen and oxygen atoms in total. The predicted octanol–water partition coefficient (Wildman–Crippen LogP) is 3.55. The van der Waals surface area contributed by atoms with Gasteiger partial charge in [0.2, 0.25) is 11.8 Å². The minimum atomic E-state index is -0.944. The Balaban J connectivity index is 1.69. The highest BCUT2D eigenvalue weighted by Crippen LogP contribution is 2.31. The summed E-state index contributed by atoms with van der Waals surface area (Å²) in [5.74, 6) is -1.27. The second kappa shape index (κ2) is 5.98. The number of aromatic nitrogens is 1. The Hall–Kier alpha value is -3.15. The van der Waals surface area contributed by atoms with Crippen LogP contribution in [0.1, 0.15) is 17.5 Å². The first-order valence-electron chi connectivity index (χ1n) is 8.44. The van der Waals surface area contributed by atoms with E-state index in [1.165, 1.54) is 10.5 Å². The first kappa shape index (κ1) is 16.3. The number of benzene rings is 2. The SMILES string of the molecule is Cc1ccc(-c2nc3cc(N4C[C@@H](C(=O)O)CC4=O)ccc3o2)cc1C. The Bertz CT molecular complexity index is 1040. The number of aryl methyl sites for hydroxylation is 2. The van der Waals surface area contributed by atoms with Gasteiger partial charge in [0, 0.05) is 24.2 Å². The van der Waals surface area contributed by atoms with Crippen molar-refractivity contribution in [2.24, 2.45) is 5.92 Å². The average molecular weight is 350 g/mol. The fourth-order valence-electron chi connectivity index (χ4n) is 3.20. The first-order chi connectivity index (χ1) is 12.4. The molecule has 1 fully saturated rings. The van der Waals surface area contributed by atoms with Crippen LogP contribution in [0, 0.1) is 19.8 Å². The number of carbonyl (C=O) groups excluding carboxylic acids is 1. The molecule has 0 bridgehead atoms. The molecule has 4 rings (SSSR count). The lowest BCUT2D eigenvalue weighted by molar-refractivity contribution is -0.141. The fraction of sp³-hybridized carbons (Fsp3) is 0.250. The van der Waals surface area contributed by atoms with Gasteiger partial charge in [-0.15, -0.1) is 0 Å². The molecule has 0 unspecified atom stereocenters. The Kier molecular flexibility index (Phi) is 3.76. The monoisotopic (exact) mass is 350 g/mol. The van der Waals surface area contributed by atoms with Crippen LogP contribution in [0.15, 0.2) is 40.8 Å². The highest BCUT2D eigenvalue weighted by Gasteiger charge is 2.35. The number of carbonyl (C=O) groups is 2. The van der Waals surface area contributed by atoms with Gasteiger partial charge in [0.05, 0.1) is 5.92 Å². The van der Waals surface area contributed by atoms with Crippen molar-refractivity contribution in [2.75, 3.05) is 11.4 Å². The number of hydrogen-bond donors (Lipinski definition) is 1. The average Bonchev–Trinajstić information content (AvgIpc) is 3.20. The van der Waals surface area contributed by atoms with Gasteiger partial charge in [0.15, 0.2) is 5.58 Å². The number of nitrogens with zero attached hydrogens (tertiary/aromatic N) is 2. The Labute approximate surface area is 150 Å². The molecule has 26 heavy (non-hydrogen) atoms. The summed E-state index contributed by atoms with van der Waals surface area (Å²) in [6.45, 7) is 4.27. The molecule has 1 aliphatic rings. The van der Waals surface area contributed by atoms with Crippen LogP contribution < -0.4 is 4.90 Å². The number of oxazole rings is 1. The van der Waals surface area contributed by atoms with Gasteiger partial charge < -0.3 is 14.4 Å². The smallest absolute Gasteiger partial charge is 0.308 e. The summed E-state index contributed by atoms with van der Waals surface area (Å²) >= 11 is 0. The molecule has 0 saturated carbocycles. The van der Waals surface area contributed by atoms with Crippen LogP contribution in [0.2, 0.25) is 0 Å². The molecule has 1 aliphatic heterocycles. The lowest BCUT2D eigenvalue weighted by atomic mass is 10.1. The van der Waals surface area contributed by atoms with Gasteiger partial charge in [-0.3, -0.25) is 9.59 Å². The number of aliphatic carboxylic acids is 1. The van der Waals surface area contributed by atoms with E-state index >= 15 is 0 Å². The number of anilines is 1. The quantitative estimate of drug-likeness (QED) is 0.781. The Morgan fingerprint density at radius 3 is 2.69 bits per heavy atom. The Morgan fingerprint density at radius 2 is 2.00 bits per heavy atom. The van der Waals surface area contributed by atoms with Crippen LogP contribution in [0.3, 0.4) is 0 Å². The van der Waals surface area contributed by atoms with Crippen molar-refractivity contribution in [2.45, 2.75) is 20.3 Å². The molecule has 1 N–H and O–H groups in total. The van der Waals surface area contributed by atoms with E-state index in [0.29, 0.717) is 22.7 Å². The van der Waals surface area contributed by atoms with E-state index in [2.05, 4.69) is 11.9 Å². The predicted molar refractivity (Wildman–Crippen MR) is 97.0 cm³/mol. The summed E-state index contributed by atoms with van der Waals surface area (Å²) in [5.41, 5.74) is 5.17. The summed E-state index contributed by atoms with van der Waals surface area (Å²) in [6.07, 6.45) is 0.0279. The first-order valence-corrected chi connectivity index (χ1v) is 8.44. The minimum absolute atomic E-state index is 0.0279. The van der Waals surface area contributed by atoms with Gasteiger partial charge in [-0.1, -0.05) is 6.07 Å². The van der Waals surface area contributed by atoms with Crippen LogP contribution >= 0.6 is 0 Å². The number of fused-ring (bicyclic) bond motifs is 1. The third-order valence-electron chi connectivity index (χ3n) is 4.91. The summed E-state index contributed by atoms with van der Waals surface area (Å²) in [6, 6.07) is 11.3. The van der Waals surface area contributed by atoms with Crippen molar-refractivity contribution in [3.63, 3.8) is 0 Å². The standard InChI is InChI=1S/C20H18N2O4/c1-11-3-4-13(7-12(11)2)19-21-16-9-15(5-6-17(16)26-19)22-10-14(20(24)25)8-18(22)23/h3-7,9,14H,8,10H2,1-2H3,(H,24,25)/t14-/m0/s1. The van der Waals surface area contributed by atoms with Crippen LogP contribution in [-0.4, -0.2) is 28.5 Å². The van der Waals surface area contributed by atoms with Crippen molar-refractivity contribution in [1.82, 2.24) is 4.98 Å². The van der Waals surface area contributed by atoms with E-state index in [9.17, 15) is 9.59 Å². The molecular weight excluding hydrogens is 332 g/mol. The summed E-state index contributed by atoms with van der Waals surface area (Å²) < 4.78 is 5.84. The number of amides is 1. The summed E-state index contributed by atoms with van der Waals surface area (Å²) in [7, 11) is 0. The number of hydrogen-bond acceptors (Lipinski definition) is 4. The third-order valence-corrected chi connectivity index (χ3v) is 4.91. The molecule has 0 radical (unpaired) electrons. The largest absolute Gasteiger partial charge is 0.481 e. The van der Waals surface area contributed by atoms with Gasteiger partial charge in [-0.2, -0.15) is 0 Å². The van der Waals surface area contributed by atoms with E-state index in [1.54, 1.807) is 18.2 Å². The van der Waals surface area contributed by atoms with Crippen molar-refractivity contribution in [1.29, 1.82) is 0 Å². The maximum Gasteiger partial charge on any atom is 0.308 e. The molecule has 1 atom stereocenters. The zero-order valence-electron chi connectivity index (χ0n) is 14.5. The summed E-state index contributed by atoms with van der Waals surface area (Å²) in [4.78, 5) is 29.3. The molecule has 132 valence electrons. The van der Waals surface area contributed by atoms with Crippen molar-refractivity contribution in [3.05, 3.63) is 47.5 Å². The fourth-order valence-corrected chi connectivity index (χ4v) is 3.20. The van der Waals surface area contributed by atoms with Crippen molar-refractivity contribution >= 4 is 28.7 Å².